The SMILES string of the molecule is C=Cc1c(C)ccc(N=N)c1C=C. The maximum absolute atomic E-state index is 6.97. The molecule has 0 aliphatic rings. The van der Waals surface area contributed by atoms with Gasteiger partial charge in [0.2, 0.25) is 0 Å². The topological polar surface area (TPSA) is 36.2 Å². The smallest absolute Gasteiger partial charge is 0.0928 e. The lowest BCUT2D eigenvalue weighted by atomic mass is 10.0. The number of aryl methyl sites for hydroxylation is 1. The molecule has 0 saturated carbocycles. The molecule has 0 saturated heterocycles. The molecule has 1 aromatic carbocycles. The van der Waals surface area contributed by atoms with Crippen molar-refractivity contribution in [1.82, 2.24) is 0 Å². The van der Waals surface area contributed by atoms with E-state index >= 15 is 0 Å². The van der Waals surface area contributed by atoms with Crippen LogP contribution in [0.15, 0.2) is 30.4 Å². The molecule has 0 aliphatic heterocycles. The zero-order chi connectivity index (χ0) is 9.84. The lowest BCUT2D eigenvalue weighted by molar-refractivity contribution is 1.14. The third kappa shape index (κ3) is 1.56. The van der Waals surface area contributed by atoms with Crippen LogP contribution < -0.4 is 0 Å². The zero-order valence-corrected chi connectivity index (χ0v) is 7.67. The number of hydrogen-bond donors (Lipinski definition) is 1. The molecule has 0 atom stereocenters. The Morgan fingerprint density at radius 1 is 1.23 bits per heavy atom. The van der Waals surface area contributed by atoms with Crippen molar-refractivity contribution in [2.75, 3.05) is 0 Å². The summed E-state index contributed by atoms with van der Waals surface area (Å²) in [7, 11) is 0. The van der Waals surface area contributed by atoms with E-state index in [1.807, 2.05) is 19.1 Å². The van der Waals surface area contributed by atoms with Gasteiger partial charge in [-0.3, -0.25) is 0 Å². The van der Waals surface area contributed by atoms with Crippen molar-refractivity contribution < 1.29 is 0 Å². The van der Waals surface area contributed by atoms with Crippen molar-refractivity contribution >= 4 is 17.8 Å². The third-order valence-electron chi connectivity index (χ3n) is 2.01. The summed E-state index contributed by atoms with van der Waals surface area (Å²) < 4.78 is 0. The average Bonchev–Trinajstić information content (AvgIpc) is 2.17. The van der Waals surface area contributed by atoms with Crippen LogP contribution in [0.4, 0.5) is 5.69 Å². The van der Waals surface area contributed by atoms with Crippen molar-refractivity contribution in [3.63, 3.8) is 0 Å². The summed E-state index contributed by atoms with van der Waals surface area (Å²) in [5, 5.41) is 3.42. The van der Waals surface area contributed by atoms with E-state index in [1.54, 1.807) is 12.2 Å². The van der Waals surface area contributed by atoms with Gasteiger partial charge in [0, 0.05) is 5.56 Å². The van der Waals surface area contributed by atoms with Crippen LogP contribution in [0.5, 0.6) is 0 Å². The monoisotopic (exact) mass is 172 g/mol. The summed E-state index contributed by atoms with van der Waals surface area (Å²) in [6.07, 6.45) is 3.47. The number of nitrogens with zero attached hydrogens (tertiary/aromatic N) is 1. The van der Waals surface area contributed by atoms with Crippen LogP contribution in [0.25, 0.3) is 12.2 Å². The number of hydrogen-bond acceptors (Lipinski definition) is 2. The molecule has 0 unspecified atom stereocenters. The lowest BCUT2D eigenvalue weighted by Gasteiger charge is -2.06. The Morgan fingerprint density at radius 3 is 2.31 bits per heavy atom. The minimum Gasteiger partial charge on any atom is -0.204 e. The highest BCUT2D eigenvalue weighted by Gasteiger charge is 2.04. The standard InChI is InChI=1S/C11H12N2/c1-4-9-8(3)6-7-11(13-12)10(9)5-2/h4-7,12H,1-2H2,3H3. The predicted molar refractivity (Wildman–Crippen MR) is 56.2 cm³/mol. The van der Waals surface area contributed by atoms with Gasteiger partial charge in [-0.25, -0.2) is 5.53 Å². The summed E-state index contributed by atoms with van der Waals surface area (Å²) in [4.78, 5) is 0. The van der Waals surface area contributed by atoms with Gasteiger partial charge < -0.3 is 0 Å². The van der Waals surface area contributed by atoms with E-state index in [4.69, 9.17) is 5.53 Å². The van der Waals surface area contributed by atoms with Gasteiger partial charge in [-0.2, -0.15) is 5.11 Å². The first-order chi connectivity index (χ1) is 6.24. The van der Waals surface area contributed by atoms with Gasteiger partial charge in [0.05, 0.1) is 5.69 Å². The van der Waals surface area contributed by atoms with Gasteiger partial charge in [0.25, 0.3) is 0 Å². The molecule has 2 heteroatoms. The molecular weight excluding hydrogens is 160 g/mol. The van der Waals surface area contributed by atoms with Crippen LogP contribution in [0, 0.1) is 12.5 Å². The van der Waals surface area contributed by atoms with Crippen LogP contribution in [-0.4, -0.2) is 0 Å². The highest BCUT2D eigenvalue weighted by Crippen LogP contribution is 2.27. The first-order valence-corrected chi connectivity index (χ1v) is 4.00. The van der Waals surface area contributed by atoms with Crippen LogP contribution in [0.1, 0.15) is 16.7 Å². The fourth-order valence-electron chi connectivity index (χ4n) is 1.32. The molecule has 0 radical (unpaired) electrons. The van der Waals surface area contributed by atoms with Gasteiger partial charge in [-0.05, 0) is 24.1 Å². The van der Waals surface area contributed by atoms with E-state index in [2.05, 4.69) is 18.3 Å². The molecule has 0 spiro atoms. The number of benzene rings is 1. The van der Waals surface area contributed by atoms with E-state index in [0.717, 1.165) is 16.7 Å². The Hall–Kier alpha value is -1.70. The second-order valence-electron chi connectivity index (χ2n) is 2.75. The van der Waals surface area contributed by atoms with Crippen molar-refractivity contribution in [2.24, 2.45) is 5.11 Å². The summed E-state index contributed by atoms with van der Waals surface area (Å²) in [5.74, 6) is 0. The van der Waals surface area contributed by atoms with E-state index < -0.39 is 0 Å². The second kappa shape index (κ2) is 3.81. The summed E-state index contributed by atoms with van der Waals surface area (Å²) in [5.41, 5.74) is 10.6. The molecule has 1 N–H and O–H groups in total. The van der Waals surface area contributed by atoms with Crippen LogP contribution in [0.2, 0.25) is 0 Å². The Labute approximate surface area is 78.1 Å². The Kier molecular flexibility index (Phi) is 2.75. The molecule has 13 heavy (non-hydrogen) atoms. The molecule has 0 heterocycles. The predicted octanol–water partition coefficient (Wildman–Crippen LogP) is 3.94. The molecule has 0 aliphatic carbocycles. The molecule has 0 aromatic heterocycles. The Bertz CT molecular complexity index is 365. The van der Waals surface area contributed by atoms with Gasteiger partial charge in [-0.1, -0.05) is 31.4 Å². The maximum Gasteiger partial charge on any atom is 0.0928 e. The molecular formula is C11H12N2. The highest BCUT2D eigenvalue weighted by molar-refractivity contribution is 5.74. The van der Waals surface area contributed by atoms with Crippen molar-refractivity contribution in [2.45, 2.75) is 6.92 Å². The third-order valence-corrected chi connectivity index (χ3v) is 2.01. The first-order valence-electron chi connectivity index (χ1n) is 4.00. The normalized spacial score (nSPS) is 9.31. The second-order valence-corrected chi connectivity index (χ2v) is 2.75. The van der Waals surface area contributed by atoms with Gasteiger partial charge in [0.15, 0.2) is 0 Å². The fraction of sp³-hybridized carbons (Fsp3) is 0.0909. The highest BCUT2D eigenvalue weighted by atomic mass is 15.0. The molecule has 0 fully saturated rings. The minimum atomic E-state index is 0.635. The first kappa shape index (κ1) is 9.39. The lowest BCUT2D eigenvalue weighted by Crippen LogP contribution is -1.85. The molecule has 2 nitrogen and oxygen atoms in total. The Balaban J connectivity index is 3.53. The minimum absolute atomic E-state index is 0.635. The van der Waals surface area contributed by atoms with E-state index in [1.165, 1.54) is 0 Å². The summed E-state index contributed by atoms with van der Waals surface area (Å²) in [6.45, 7) is 9.42. The fourth-order valence-corrected chi connectivity index (χ4v) is 1.32. The number of nitrogens with one attached hydrogen (secondary N) is 1. The quantitative estimate of drug-likeness (QED) is 0.670. The maximum atomic E-state index is 6.97. The van der Waals surface area contributed by atoms with Crippen LogP contribution in [0.3, 0.4) is 0 Å². The molecule has 0 amide bonds. The van der Waals surface area contributed by atoms with Gasteiger partial charge in [0.1, 0.15) is 0 Å². The van der Waals surface area contributed by atoms with E-state index in [-0.39, 0.29) is 0 Å². The summed E-state index contributed by atoms with van der Waals surface area (Å²) >= 11 is 0. The molecule has 1 rings (SSSR count). The van der Waals surface area contributed by atoms with E-state index in [0.29, 0.717) is 5.69 Å². The van der Waals surface area contributed by atoms with Gasteiger partial charge in [-0.15, -0.1) is 0 Å². The van der Waals surface area contributed by atoms with Crippen LogP contribution in [-0.2, 0) is 0 Å². The van der Waals surface area contributed by atoms with Crippen LogP contribution >= 0.6 is 0 Å². The summed E-state index contributed by atoms with van der Waals surface area (Å²) in [6, 6.07) is 3.74. The Morgan fingerprint density at radius 2 is 1.85 bits per heavy atom. The molecule has 66 valence electrons. The molecule has 1 aromatic rings. The largest absolute Gasteiger partial charge is 0.204 e. The van der Waals surface area contributed by atoms with Gasteiger partial charge >= 0.3 is 0 Å². The number of rotatable bonds is 3. The average molecular weight is 172 g/mol. The van der Waals surface area contributed by atoms with E-state index in [9.17, 15) is 0 Å². The van der Waals surface area contributed by atoms with Crippen molar-refractivity contribution in [1.29, 1.82) is 5.53 Å². The zero-order valence-electron chi connectivity index (χ0n) is 7.67. The molecule has 0 bridgehead atoms. The van der Waals surface area contributed by atoms with Crippen molar-refractivity contribution in [3.8, 4) is 0 Å². The van der Waals surface area contributed by atoms with Crippen molar-refractivity contribution in [3.05, 3.63) is 42.0 Å².